The van der Waals surface area contributed by atoms with Crippen LogP contribution >= 0.6 is 0 Å². The monoisotopic (exact) mass is 1730 g/mol. The lowest BCUT2D eigenvalue weighted by Gasteiger charge is -2.45. The van der Waals surface area contributed by atoms with E-state index in [1.165, 1.54) is 14.0 Å². The number of amides is 3. The standard InChI is InChI=1S/C69H114N12O39/c82-28-37-49(88)58(97)61(100)67(115-37)109-22-19-106-16-13-103-10-7-79-25-34(73-76-79)1-4-43(85)70-46-55(94)52(91)40-32-113-65-48(72-45(87)6-3-36-27-81(78-75-36)9-12-105-15-18-108-21-24-111-69-63(102)60(99)51(90)39(30-84)117-69)57(96)54(93)42(120-65)33-114-66-47(56(95)53(92)41(119-66)31-112-64(46)118-40)71-44(86)5-2-35-26-80(77-74-35)8-11-104-14-17-107-20-23-110-68-62(101)59(98)50(89)38(29-83)116-68/h25-27,37-42,46-69,82-84,88-102H,1-24,28-33H2,(H,70,85)(H,71,86)(H,72,87)/t37-,38-,39-,40-,41-,42-,46-,47-,48-,49+,50+,51+,52-,53-,54-,55-,56-,57-,58+,59+,60+,61-,62-,63-,64-,65-,66-,67-,68-,69-/m1/s1. The average molecular weight is 1740 g/mol. The Bertz CT molecular complexity index is 3110. The highest BCUT2D eigenvalue weighted by atomic mass is 16.8. The zero-order valence-electron chi connectivity index (χ0n) is 65.4. The molecule has 51 heteroatoms. The predicted octanol–water partition coefficient (Wildman–Crippen LogP) is -14.9. The van der Waals surface area contributed by atoms with Gasteiger partial charge in [-0.1, -0.05) is 15.6 Å². The lowest BCUT2D eigenvalue weighted by molar-refractivity contribution is -0.304. The van der Waals surface area contributed by atoms with E-state index in [9.17, 15) is 106 Å². The van der Waals surface area contributed by atoms with Gasteiger partial charge in [-0.25, -0.2) is 14.0 Å². The SMILES string of the molecule is O=C(CCc1cn(CCOCCOCCO[C@@H]2O[C@H](CO)[C@H](O)[C@H](O)[C@H]2O)nn1)N[C@H]1[C@@H]2OC[C@H]3O[C@@H](OC[C@H]4O[C@@H](OC[C@@H](O2)[C@@H](O)[C@@H]1O)[C@H](NC(=O)CCc1cn(CCOCCOCCO[C@@H]2O[C@H](CO)[C@H](O)[C@H](O)[C@H]2O)nn1)[C@@H](O)[C@@H]4O)[C@H](NC(=O)CCc1cn(CCOCCOCCO[C@@H]2O[C@H](CO)[C@H](O)[C@H](O)[C@H]2O)nn1)[C@@H](O)[C@@H]3O. The Hall–Kier alpha value is -5.61. The van der Waals surface area contributed by atoms with Gasteiger partial charge in [0, 0.05) is 57.1 Å². The number of hydrogen-bond donors (Lipinski definition) is 21. The van der Waals surface area contributed by atoms with Gasteiger partial charge in [-0.2, -0.15) is 0 Å². The Labute approximate surface area is 684 Å². The van der Waals surface area contributed by atoms with E-state index in [-0.39, 0.29) is 157 Å². The van der Waals surface area contributed by atoms with Crippen LogP contribution in [-0.4, -0.2) is 477 Å². The second-order valence-corrected chi connectivity index (χ2v) is 29.1. The number of carbonyl (C=O) groups excluding carboxylic acids is 3. The van der Waals surface area contributed by atoms with Crippen LogP contribution in [-0.2, 0) is 139 Å². The molecular weight excluding hydrogens is 1620 g/mol. The van der Waals surface area contributed by atoms with Crippen LogP contribution in [0.3, 0.4) is 0 Å². The molecule has 684 valence electrons. The topological polar surface area (TPSA) is 710 Å². The Balaban J connectivity index is 0.710. The van der Waals surface area contributed by atoms with Crippen LogP contribution in [0.15, 0.2) is 18.6 Å². The van der Waals surface area contributed by atoms with Gasteiger partial charge in [-0.3, -0.25) is 14.4 Å². The van der Waals surface area contributed by atoms with E-state index in [4.69, 9.17) is 85.3 Å². The molecule has 3 aromatic heterocycles. The van der Waals surface area contributed by atoms with E-state index >= 15 is 0 Å². The van der Waals surface area contributed by atoms with Gasteiger partial charge in [0.1, 0.15) is 146 Å². The van der Waals surface area contributed by atoms with Crippen molar-refractivity contribution in [2.45, 2.75) is 242 Å². The minimum absolute atomic E-state index is 0.0152. The number of nitrogens with zero attached hydrogens (tertiary/aromatic N) is 9. The van der Waals surface area contributed by atoms with Gasteiger partial charge in [0.05, 0.1) is 175 Å². The van der Waals surface area contributed by atoms with Gasteiger partial charge in [0.25, 0.3) is 0 Å². The summed E-state index contributed by atoms with van der Waals surface area (Å²) in [5, 5.41) is 222. The number of nitrogens with one attached hydrogen (secondary N) is 3. The third kappa shape index (κ3) is 27.5. The Morgan fingerprint density at radius 1 is 0.325 bits per heavy atom. The molecule has 0 saturated carbocycles. The van der Waals surface area contributed by atoms with Crippen LogP contribution in [0.2, 0.25) is 0 Å². The van der Waals surface area contributed by atoms with Crippen molar-refractivity contribution in [3.63, 3.8) is 0 Å². The molecule has 0 aromatic carbocycles. The highest BCUT2D eigenvalue weighted by Crippen LogP contribution is 2.32. The van der Waals surface area contributed by atoms with Gasteiger partial charge in [-0.15, -0.1) is 15.3 Å². The molecule has 7 aliphatic rings. The van der Waals surface area contributed by atoms with E-state index in [1.54, 1.807) is 18.6 Å². The van der Waals surface area contributed by atoms with Crippen molar-refractivity contribution >= 4 is 17.7 Å². The Kier molecular flexibility index (Phi) is 39.3. The fraction of sp³-hybridized carbons (Fsp3) is 0.870. The summed E-state index contributed by atoms with van der Waals surface area (Å²) < 4.78 is 107. The van der Waals surface area contributed by atoms with Crippen LogP contribution in [0.25, 0.3) is 0 Å². The number of aliphatic hydroxyl groups excluding tert-OH is 18. The molecule has 30 atom stereocenters. The molecule has 10 rings (SSSR count). The zero-order valence-corrected chi connectivity index (χ0v) is 65.4. The molecule has 0 radical (unpaired) electrons. The number of hydrogen-bond acceptors (Lipinski definition) is 45. The van der Waals surface area contributed by atoms with E-state index in [1.807, 2.05) is 0 Å². The second-order valence-electron chi connectivity index (χ2n) is 29.1. The van der Waals surface area contributed by atoms with Crippen molar-refractivity contribution in [3.8, 4) is 0 Å². The summed E-state index contributed by atoms with van der Waals surface area (Å²) in [5.41, 5.74) is 1.13. The molecule has 0 aliphatic carbocycles. The Morgan fingerprint density at radius 2 is 0.575 bits per heavy atom. The lowest BCUT2D eigenvalue weighted by Crippen LogP contribution is -2.67. The highest BCUT2D eigenvalue weighted by molar-refractivity contribution is 5.77. The summed E-state index contributed by atoms with van der Waals surface area (Å²) in [6, 6.07) is -4.73. The number of aromatic nitrogens is 9. The van der Waals surface area contributed by atoms with Crippen LogP contribution in [0.5, 0.6) is 0 Å². The minimum atomic E-state index is -1.90. The van der Waals surface area contributed by atoms with Crippen molar-refractivity contribution in [2.75, 3.05) is 139 Å². The number of carbonyl (C=O) groups is 3. The molecule has 21 N–H and O–H groups in total. The number of ether oxygens (including phenoxy) is 18. The third-order valence-electron chi connectivity index (χ3n) is 20.5. The van der Waals surface area contributed by atoms with E-state index < -0.39 is 241 Å². The van der Waals surface area contributed by atoms with Crippen molar-refractivity contribution < 1.29 is 192 Å². The summed E-state index contributed by atoms with van der Waals surface area (Å²) in [7, 11) is 0. The first-order valence-electron chi connectivity index (χ1n) is 39.5. The zero-order chi connectivity index (χ0) is 85.9. The fourth-order valence-corrected chi connectivity index (χ4v) is 13.6. The molecule has 7 aliphatic heterocycles. The van der Waals surface area contributed by atoms with Crippen LogP contribution in [0.1, 0.15) is 36.3 Å². The van der Waals surface area contributed by atoms with Crippen LogP contribution in [0, 0.1) is 0 Å². The molecule has 0 spiro atoms. The molecule has 51 nitrogen and oxygen atoms in total. The molecule has 7 fully saturated rings. The highest BCUT2D eigenvalue weighted by Gasteiger charge is 2.54. The largest absolute Gasteiger partial charge is 0.394 e. The normalized spacial score (nSPS) is 35.6. The average Bonchev–Trinajstić information content (AvgIpc) is 0.977. The van der Waals surface area contributed by atoms with Crippen molar-refractivity contribution in [1.29, 1.82) is 0 Å². The molecule has 10 heterocycles. The van der Waals surface area contributed by atoms with E-state index in [0.29, 0.717) is 17.1 Å². The van der Waals surface area contributed by atoms with Gasteiger partial charge in [0.15, 0.2) is 37.7 Å². The number of aliphatic hydroxyl groups is 18. The lowest BCUT2D eigenvalue weighted by atomic mass is 9.95. The van der Waals surface area contributed by atoms with Gasteiger partial charge in [-0.05, 0) is 0 Å². The quantitative estimate of drug-likeness (QED) is 0.0234. The molecule has 6 bridgehead atoms. The maximum Gasteiger partial charge on any atom is 0.220 e. The molecule has 7 saturated heterocycles. The maximum atomic E-state index is 13.8. The first kappa shape index (κ1) is 96.6. The van der Waals surface area contributed by atoms with Crippen molar-refractivity contribution in [1.82, 2.24) is 60.9 Å². The summed E-state index contributed by atoms with van der Waals surface area (Å²) in [5.74, 6) is -2.09. The predicted molar refractivity (Wildman–Crippen MR) is 385 cm³/mol. The molecule has 3 amide bonds. The van der Waals surface area contributed by atoms with Crippen molar-refractivity contribution in [3.05, 3.63) is 35.7 Å². The molecule has 0 unspecified atom stereocenters. The first-order chi connectivity index (χ1) is 57.8. The maximum absolute atomic E-state index is 13.8. The van der Waals surface area contributed by atoms with Crippen LogP contribution < -0.4 is 16.0 Å². The summed E-state index contributed by atoms with van der Waals surface area (Å²) >= 11 is 0. The third-order valence-corrected chi connectivity index (χ3v) is 20.5. The first-order valence-corrected chi connectivity index (χ1v) is 39.5. The molecule has 120 heavy (non-hydrogen) atoms. The number of rotatable bonds is 45. The smallest absolute Gasteiger partial charge is 0.220 e. The molecule has 3 aromatic rings. The summed E-state index contributed by atoms with van der Waals surface area (Å²) in [6.07, 6.45) is -38.4. The van der Waals surface area contributed by atoms with Crippen LogP contribution in [0.4, 0.5) is 0 Å². The van der Waals surface area contributed by atoms with E-state index in [2.05, 4.69) is 46.9 Å². The van der Waals surface area contributed by atoms with Gasteiger partial charge >= 0.3 is 0 Å². The number of fused-ring (bicyclic) bond motifs is 6. The minimum Gasteiger partial charge on any atom is -0.394 e. The van der Waals surface area contributed by atoms with Gasteiger partial charge in [0.2, 0.25) is 17.7 Å². The summed E-state index contributed by atoms with van der Waals surface area (Å²) in [6.45, 7) is -1.72. The van der Waals surface area contributed by atoms with Crippen molar-refractivity contribution in [2.24, 2.45) is 0 Å². The molecular formula is C69H114N12O39. The summed E-state index contributed by atoms with van der Waals surface area (Å²) in [4.78, 5) is 41.5. The Morgan fingerprint density at radius 3 is 0.833 bits per heavy atom. The fourth-order valence-electron chi connectivity index (χ4n) is 13.6. The van der Waals surface area contributed by atoms with E-state index in [0.717, 1.165) is 0 Å². The second kappa shape index (κ2) is 48.8. The number of aryl methyl sites for hydroxylation is 3. The van der Waals surface area contributed by atoms with Gasteiger partial charge < -0.3 is 193 Å².